The standard InChI is InChI=1S/C19H20N4O4/c1-20-6-5-14(12-20)18(25)23-9-7-22(8-10-23)17(24)13-3-4-16-15(11-13)21(2)19(26)27-16/h3-6,11-12H,7-10H2,1-2H3. The van der Waals surface area contributed by atoms with Crippen LogP contribution in [0.5, 0.6) is 0 Å². The van der Waals surface area contributed by atoms with Gasteiger partial charge in [0.2, 0.25) is 0 Å². The van der Waals surface area contributed by atoms with Gasteiger partial charge < -0.3 is 18.8 Å². The number of aryl methyl sites for hydroxylation is 2. The lowest BCUT2D eigenvalue weighted by molar-refractivity contribution is 0.0535. The summed E-state index contributed by atoms with van der Waals surface area (Å²) in [5.74, 6) is -0.586. The highest BCUT2D eigenvalue weighted by Crippen LogP contribution is 2.17. The van der Waals surface area contributed by atoms with Gasteiger partial charge in [-0.15, -0.1) is 0 Å². The minimum absolute atomic E-state index is 0.0162. The summed E-state index contributed by atoms with van der Waals surface area (Å²) in [5.41, 5.74) is 2.20. The number of carbonyl (C=O) groups is 2. The van der Waals surface area contributed by atoms with E-state index in [-0.39, 0.29) is 11.8 Å². The van der Waals surface area contributed by atoms with Gasteiger partial charge in [0.05, 0.1) is 11.1 Å². The SMILES string of the molecule is Cn1ccc(C(=O)N2CCN(C(=O)c3ccc4oc(=O)n(C)c4c3)CC2)c1. The van der Waals surface area contributed by atoms with Gasteiger partial charge in [-0.25, -0.2) is 4.79 Å². The van der Waals surface area contributed by atoms with E-state index in [1.165, 1.54) is 4.57 Å². The highest BCUT2D eigenvalue weighted by Gasteiger charge is 2.26. The minimum Gasteiger partial charge on any atom is -0.408 e. The van der Waals surface area contributed by atoms with Crippen LogP contribution in [0.25, 0.3) is 11.1 Å². The maximum absolute atomic E-state index is 12.8. The predicted octanol–water partition coefficient (Wildman–Crippen LogP) is 1.07. The molecule has 2 amide bonds. The molecule has 0 radical (unpaired) electrons. The average molecular weight is 368 g/mol. The maximum Gasteiger partial charge on any atom is 0.419 e. The van der Waals surface area contributed by atoms with Crippen LogP contribution in [0.4, 0.5) is 0 Å². The Morgan fingerprint density at radius 1 is 0.926 bits per heavy atom. The van der Waals surface area contributed by atoms with Crippen molar-refractivity contribution < 1.29 is 14.0 Å². The van der Waals surface area contributed by atoms with Crippen LogP contribution >= 0.6 is 0 Å². The van der Waals surface area contributed by atoms with Crippen molar-refractivity contribution in [1.29, 1.82) is 0 Å². The quantitative estimate of drug-likeness (QED) is 0.678. The zero-order chi connectivity index (χ0) is 19.1. The number of oxazole rings is 1. The number of amides is 2. The molecule has 1 aliphatic rings. The molecule has 0 N–H and O–H groups in total. The van der Waals surface area contributed by atoms with Crippen molar-refractivity contribution in [1.82, 2.24) is 18.9 Å². The Morgan fingerprint density at radius 3 is 2.15 bits per heavy atom. The zero-order valence-electron chi connectivity index (χ0n) is 15.2. The van der Waals surface area contributed by atoms with Crippen molar-refractivity contribution in [3.8, 4) is 0 Å². The number of nitrogens with zero attached hydrogens (tertiary/aromatic N) is 4. The van der Waals surface area contributed by atoms with Gasteiger partial charge in [0, 0.05) is 58.2 Å². The van der Waals surface area contributed by atoms with E-state index in [2.05, 4.69) is 0 Å². The summed E-state index contributed by atoms with van der Waals surface area (Å²) in [7, 11) is 3.48. The lowest BCUT2D eigenvalue weighted by atomic mass is 10.1. The van der Waals surface area contributed by atoms with E-state index < -0.39 is 5.76 Å². The first kappa shape index (κ1) is 17.1. The minimum atomic E-state index is -0.456. The van der Waals surface area contributed by atoms with Crippen molar-refractivity contribution in [3.05, 3.63) is 58.3 Å². The fourth-order valence-corrected chi connectivity index (χ4v) is 3.37. The number of rotatable bonds is 2. The molecule has 1 saturated heterocycles. The molecule has 0 unspecified atom stereocenters. The van der Waals surface area contributed by atoms with Crippen molar-refractivity contribution >= 4 is 22.9 Å². The Labute approximate surface area is 155 Å². The largest absolute Gasteiger partial charge is 0.419 e. The number of carbonyl (C=O) groups excluding carboxylic acids is 2. The van der Waals surface area contributed by atoms with E-state index in [4.69, 9.17) is 4.42 Å². The highest BCUT2D eigenvalue weighted by molar-refractivity contribution is 5.98. The van der Waals surface area contributed by atoms with Crippen LogP contribution < -0.4 is 5.76 Å². The molecule has 0 bridgehead atoms. The third-order valence-corrected chi connectivity index (χ3v) is 4.97. The van der Waals surface area contributed by atoms with Crippen molar-refractivity contribution in [2.45, 2.75) is 0 Å². The topological polar surface area (TPSA) is 80.7 Å². The molecule has 0 spiro atoms. The Kier molecular flexibility index (Phi) is 4.10. The molecule has 1 fully saturated rings. The lowest BCUT2D eigenvalue weighted by Gasteiger charge is -2.34. The number of aromatic nitrogens is 2. The van der Waals surface area contributed by atoms with Gasteiger partial charge in [0.25, 0.3) is 11.8 Å². The number of hydrogen-bond acceptors (Lipinski definition) is 4. The summed E-state index contributed by atoms with van der Waals surface area (Å²) in [6, 6.07) is 6.77. The Balaban J connectivity index is 1.46. The van der Waals surface area contributed by atoms with Crippen LogP contribution in [0, 0.1) is 0 Å². The summed E-state index contributed by atoms with van der Waals surface area (Å²) < 4.78 is 8.32. The molecular weight excluding hydrogens is 348 g/mol. The van der Waals surface area contributed by atoms with Crippen molar-refractivity contribution in [2.75, 3.05) is 26.2 Å². The maximum atomic E-state index is 12.8. The van der Waals surface area contributed by atoms with E-state index in [9.17, 15) is 14.4 Å². The Bertz CT molecular complexity index is 1080. The first-order valence-electron chi connectivity index (χ1n) is 8.74. The summed E-state index contributed by atoms with van der Waals surface area (Å²) in [5, 5.41) is 0. The second-order valence-corrected chi connectivity index (χ2v) is 6.76. The fraction of sp³-hybridized carbons (Fsp3) is 0.316. The molecule has 1 aliphatic heterocycles. The predicted molar refractivity (Wildman–Crippen MR) is 98.7 cm³/mol. The van der Waals surface area contributed by atoms with Gasteiger partial charge in [-0.2, -0.15) is 0 Å². The third kappa shape index (κ3) is 3.03. The Hall–Kier alpha value is -3.29. The lowest BCUT2D eigenvalue weighted by Crippen LogP contribution is -2.50. The summed E-state index contributed by atoms with van der Waals surface area (Å²) in [6.07, 6.45) is 3.64. The molecule has 140 valence electrons. The first-order valence-corrected chi connectivity index (χ1v) is 8.74. The van der Waals surface area contributed by atoms with Crippen LogP contribution in [0.3, 0.4) is 0 Å². The van der Waals surface area contributed by atoms with Gasteiger partial charge in [-0.05, 0) is 24.3 Å². The van der Waals surface area contributed by atoms with E-state index in [0.29, 0.717) is 48.4 Å². The van der Waals surface area contributed by atoms with E-state index in [1.807, 2.05) is 17.8 Å². The normalized spacial score (nSPS) is 14.7. The van der Waals surface area contributed by atoms with Gasteiger partial charge in [0.15, 0.2) is 5.58 Å². The molecule has 8 nitrogen and oxygen atoms in total. The monoisotopic (exact) mass is 368 g/mol. The van der Waals surface area contributed by atoms with Gasteiger partial charge in [-0.3, -0.25) is 14.2 Å². The molecule has 27 heavy (non-hydrogen) atoms. The Morgan fingerprint density at radius 2 is 1.56 bits per heavy atom. The second kappa shape index (κ2) is 6.46. The smallest absolute Gasteiger partial charge is 0.408 e. The molecule has 3 aromatic rings. The summed E-state index contributed by atoms with van der Waals surface area (Å²) >= 11 is 0. The number of fused-ring (bicyclic) bond motifs is 1. The molecular formula is C19H20N4O4. The zero-order valence-corrected chi connectivity index (χ0v) is 15.2. The van der Waals surface area contributed by atoms with E-state index in [1.54, 1.807) is 47.3 Å². The fourth-order valence-electron chi connectivity index (χ4n) is 3.37. The van der Waals surface area contributed by atoms with Crippen LogP contribution in [-0.2, 0) is 14.1 Å². The molecule has 3 heterocycles. The molecule has 2 aromatic heterocycles. The van der Waals surface area contributed by atoms with Crippen molar-refractivity contribution in [2.24, 2.45) is 14.1 Å². The van der Waals surface area contributed by atoms with Crippen LogP contribution in [0.15, 0.2) is 45.9 Å². The molecule has 1 aromatic carbocycles. The van der Waals surface area contributed by atoms with Crippen LogP contribution in [0.2, 0.25) is 0 Å². The molecule has 4 rings (SSSR count). The van der Waals surface area contributed by atoms with Gasteiger partial charge in [-0.1, -0.05) is 0 Å². The number of hydrogen-bond donors (Lipinski definition) is 0. The van der Waals surface area contributed by atoms with Gasteiger partial charge >= 0.3 is 5.76 Å². The third-order valence-electron chi connectivity index (χ3n) is 4.97. The van der Waals surface area contributed by atoms with Crippen molar-refractivity contribution in [3.63, 3.8) is 0 Å². The molecule has 8 heteroatoms. The van der Waals surface area contributed by atoms with Crippen LogP contribution in [0.1, 0.15) is 20.7 Å². The number of piperazine rings is 1. The molecule has 0 atom stereocenters. The van der Waals surface area contributed by atoms with Crippen LogP contribution in [-0.4, -0.2) is 56.9 Å². The summed E-state index contributed by atoms with van der Waals surface area (Å²) in [4.78, 5) is 40.4. The molecule has 0 saturated carbocycles. The highest BCUT2D eigenvalue weighted by atomic mass is 16.4. The van der Waals surface area contributed by atoms with E-state index in [0.717, 1.165) is 0 Å². The molecule has 0 aliphatic carbocycles. The number of benzene rings is 1. The first-order chi connectivity index (χ1) is 12.9. The van der Waals surface area contributed by atoms with E-state index >= 15 is 0 Å². The average Bonchev–Trinajstić information content (AvgIpc) is 3.24. The second-order valence-electron chi connectivity index (χ2n) is 6.76. The summed E-state index contributed by atoms with van der Waals surface area (Å²) in [6.45, 7) is 1.93. The van der Waals surface area contributed by atoms with Gasteiger partial charge in [0.1, 0.15) is 0 Å².